The van der Waals surface area contributed by atoms with E-state index in [2.05, 4.69) is 13.8 Å². The maximum absolute atomic E-state index is 6.76. The highest BCUT2D eigenvalue weighted by atomic mass is 16.8. The normalized spacial score (nSPS) is 13.6. The van der Waals surface area contributed by atoms with E-state index in [1.54, 1.807) is 28.4 Å². The zero-order valence-electron chi connectivity index (χ0n) is 32.9. The molecule has 2 aromatic rings. The molecule has 0 fully saturated rings. The van der Waals surface area contributed by atoms with Crippen LogP contribution in [0.15, 0.2) is 83.7 Å². The predicted molar refractivity (Wildman–Crippen MR) is 208 cm³/mol. The van der Waals surface area contributed by atoms with Crippen molar-refractivity contribution in [1.82, 2.24) is 0 Å². The molecule has 0 radical (unpaired) electrons. The van der Waals surface area contributed by atoms with Gasteiger partial charge in [-0.3, -0.25) is 0 Å². The molecule has 2 aromatic carbocycles. The number of hydrogen-bond donors (Lipinski definition) is 0. The van der Waals surface area contributed by atoms with Crippen molar-refractivity contribution in [2.24, 2.45) is 0 Å². The van der Waals surface area contributed by atoms with E-state index in [1.165, 1.54) is 77.0 Å². The summed E-state index contributed by atoms with van der Waals surface area (Å²) in [7, 11) is 6.65. The van der Waals surface area contributed by atoms with Gasteiger partial charge in [-0.15, -0.1) is 0 Å². The first-order chi connectivity index (χ1) is 25.1. The highest BCUT2D eigenvalue weighted by molar-refractivity contribution is 5.15. The summed E-state index contributed by atoms with van der Waals surface area (Å²) in [6.07, 6.45) is 19.1. The second-order valence-electron chi connectivity index (χ2n) is 13.2. The molecule has 7 heteroatoms. The van der Waals surface area contributed by atoms with Gasteiger partial charge in [-0.1, -0.05) is 164 Å². The number of methoxy groups -OCH3 is 4. The molecular formula is C44H70O7. The zero-order valence-corrected chi connectivity index (χ0v) is 32.9. The van der Waals surface area contributed by atoms with Gasteiger partial charge in [0.15, 0.2) is 11.5 Å². The van der Waals surface area contributed by atoms with Crippen LogP contribution in [0, 0.1) is 0 Å². The van der Waals surface area contributed by atoms with Crippen molar-refractivity contribution in [2.45, 2.75) is 155 Å². The van der Waals surface area contributed by atoms with Gasteiger partial charge < -0.3 is 33.2 Å². The second-order valence-corrected chi connectivity index (χ2v) is 13.2. The Balaban J connectivity index is 2.34. The lowest BCUT2D eigenvalue weighted by Crippen LogP contribution is -2.32. The van der Waals surface area contributed by atoms with Crippen LogP contribution in [0.4, 0.5) is 0 Å². The Morgan fingerprint density at radius 3 is 1.08 bits per heavy atom. The van der Waals surface area contributed by atoms with E-state index in [-0.39, 0.29) is 0 Å². The summed E-state index contributed by atoms with van der Waals surface area (Å²) in [5.74, 6) is 2.39. The molecule has 0 bridgehead atoms. The molecule has 0 aliphatic carbocycles. The van der Waals surface area contributed by atoms with Crippen molar-refractivity contribution < 1.29 is 33.2 Å². The molecule has 2 unspecified atom stereocenters. The van der Waals surface area contributed by atoms with Crippen molar-refractivity contribution in [3.63, 3.8) is 0 Å². The van der Waals surface area contributed by atoms with Gasteiger partial charge in [-0.2, -0.15) is 0 Å². The molecule has 0 amide bonds. The quantitative estimate of drug-likeness (QED) is 0.0425. The largest absolute Gasteiger partial charge is 0.497 e. The molecule has 0 aromatic heterocycles. The van der Waals surface area contributed by atoms with Crippen LogP contribution in [0.25, 0.3) is 0 Å². The average molecular weight is 711 g/mol. The van der Waals surface area contributed by atoms with Crippen molar-refractivity contribution in [2.75, 3.05) is 28.4 Å². The molecule has 0 aliphatic heterocycles. The maximum Gasteiger partial charge on any atom is 0.223 e. The molecule has 51 heavy (non-hydrogen) atoms. The summed E-state index contributed by atoms with van der Waals surface area (Å²) >= 11 is 0. The average Bonchev–Trinajstić information content (AvgIpc) is 3.17. The van der Waals surface area contributed by atoms with Crippen LogP contribution in [0.5, 0.6) is 0 Å². The first-order valence-electron chi connectivity index (χ1n) is 19.7. The minimum absolute atomic E-state index is 0.306. The van der Waals surface area contributed by atoms with Crippen LogP contribution in [-0.2, 0) is 46.4 Å². The zero-order chi connectivity index (χ0) is 36.8. The highest BCUT2D eigenvalue weighted by Crippen LogP contribution is 2.28. The van der Waals surface area contributed by atoms with Gasteiger partial charge in [-0.25, -0.2) is 0 Å². The Kier molecular flexibility index (Phi) is 25.6. The molecule has 0 saturated carbocycles. The van der Waals surface area contributed by atoms with Crippen LogP contribution >= 0.6 is 0 Å². The Morgan fingerprint density at radius 1 is 0.431 bits per heavy atom. The molecule has 0 saturated heterocycles. The number of ether oxygens (including phenoxy) is 7. The van der Waals surface area contributed by atoms with Crippen LogP contribution in [-0.4, -0.2) is 41.0 Å². The van der Waals surface area contributed by atoms with Gasteiger partial charge in [0.1, 0.15) is 11.5 Å². The fourth-order valence-corrected chi connectivity index (χ4v) is 6.13. The van der Waals surface area contributed by atoms with Crippen LogP contribution in [0.2, 0.25) is 0 Å². The summed E-state index contributed by atoms with van der Waals surface area (Å²) in [6, 6.07) is 20.1. The van der Waals surface area contributed by atoms with E-state index < -0.39 is 12.6 Å². The maximum atomic E-state index is 6.76. The first-order valence-corrected chi connectivity index (χ1v) is 19.7. The van der Waals surface area contributed by atoms with E-state index >= 15 is 0 Å². The lowest BCUT2D eigenvalue weighted by atomic mass is 10.1. The molecule has 7 nitrogen and oxygen atoms in total. The molecule has 0 aliphatic rings. The number of unbranched alkanes of at least 4 members (excludes halogenated alkanes) is 14. The lowest BCUT2D eigenvalue weighted by Gasteiger charge is -2.29. The van der Waals surface area contributed by atoms with Gasteiger partial charge in [0.05, 0.1) is 41.7 Å². The Labute approximate surface area is 311 Å². The molecule has 0 heterocycles. The van der Waals surface area contributed by atoms with E-state index in [4.69, 9.17) is 33.2 Å². The van der Waals surface area contributed by atoms with E-state index in [9.17, 15) is 0 Å². The first kappa shape index (κ1) is 44.2. The van der Waals surface area contributed by atoms with Gasteiger partial charge in [0.25, 0.3) is 0 Å². The minimum atomic E-state index is -0.939. The molecule has 2 atom stereocenters. The van der Waals surface area contributed by atoms with Crippen molar-refractivity contribution in [1.29, 1.82) is 0 Å². The summed E-state index contributed by atoms with van der Waals surface area (Å²) in [6.45, 7) is 5.12. The summed E-state index contributed by atoms with van der Waals surface area (Å²) in [4.78, 5) is 0. The van der Waals surface area contributed by atoms with Gasteiger partial charge >= 0.3 is 0 Å². The predicted octanol–water partition coefficient (Wildman–Crippen LogP) is 12.2. The summed E-state index contributed by atoms with van der Waals surface area (Å²) < 4.78 is 43.7. The van der Waals surface area contributed by atoms with Crippen LogP contribution < -0.4 is 0 Å². The van der Waals surface area contributed by atoms with Gasteiger partial charge in [0, 0.05) is 12.8 Å². The van der Waals surface area contributed by atoms with Gasteiger partial charge in [-0.05, 0) is 24.0 Å². The smallest absolute Gasteiger partial charge is 0.223 e. The Morgan fingerprint density at radius 2 is 0.765 bits per heavy atom. The fraction of sp³-hybridized carbons (Fsp3) is 0.636. The third-order valence-electron chi connectivity index (χ3n) is 9.16. The number of benzene rings is 2. The third kappa shape index (κ3) is 18.9. The van der Waals surface area contributed by atoms with E-state index in [0.29, 0.717) is 49.1 Å². The third-order valence-corrected chi connectivity index (χ3v) is 9.16. The SMILES string of the molecule is CCCCCCCCCCC(OC)=C(OC)C(OCc1ccccc1)OC(OCc1ccccc1)C(OC)=C(CCCCCCCCCC)OC. The Bertz CT molecular complexity index is 1070. The molecule has 0 spiro atoms. The molecule has 288 valence electrons. The standard InChI is InChI=1S/C44H70O7/c1-7-9-11-13-15-17-19-27-33-39(45-3)41(47-5)43(49-35-37-29-23-21-24-30-37)51-44(50-36-38-31-25-22-26-32-38)42(48-6)40(46-4)34-28-20-18-16-14-12-10-8-2/h21-26,29-32,43-44H,7-20,27-28,33-36H2,1-6H3. The monoisotopic (exact) mass is 711 g/mol. The number of allylic oxidation sites excluding steroid dienone is 2. The van der Waals surface area contributed by atoms with Crippen LogP contribution in [0.3, 0.4) is 0 Å². The summed E-state index contributed by atoms with van der Waals surface area (Å²) in [5.41, 5.74) is 2.03. The lowest BCUT2D eigenvalue weighted by molar-refractivity contribution is -0.246. The van der Waals surface area contributed by atoms with Crippen molar-refractivity contribution in [3.05, 3.63) is 94.8 Å². The van der Waals surface area contributed by atoms with Crippen molar-refractivity contribution in [3.8, 4) is 0 Å². The van der Waals surface area contributed by atoms with Crippen LogP contribution in [0.1, 0.15) is 141 Å². The van der Waals surface area contributed by atoms with E-state index in [1.807, 2.05) is 60.7 Å². The number of hydrogen-bond acceptors (Lipinski definition) is 7. The summed E-state index contributed by atoms with van der Waals surface area (Å²) in [5, 5.41) is 0. The van der Waals surface area contributed by atoms with Gasteiger partial charge in [0.2, 0.25) is 12.6 Å². The minimum Gasteiger partial charge on any atom is -0.497 e. The second kappa shape index (κ2) is 29.6. The Hall–Kier alpha value is -3.00. The van der Waals surface area contributed by atoms with E-state index in [0.717, 1.165) is 36.8 Å². The highest BCUT2D eigenvalue weighted by Gasteiger charge is 2.31. The fourth-order valence-electron chi connectivity index (χ4n) is 6.13. The number of rotatable bonds is 32. The van der Waals surface area contributed by atoms with Crippen molar-refractivity contribution >= 4 is 0 Å². The molecule has 0 N–H and O–H groups in total. The topological polar surface area (TPSA) is 64.6 Å². The molecular weight excluding hydrogens is 640 g/mol. The molecule has 2 rings (SSSR count).